The number of aliphatic hydroxyl groups is 1. The Morgan fingerprint density at radius 3 is 2.81 bits per heavy atom. The maximum atomic E-state index is 13.3. The summed E-state index contributed by atoms with van der Waals surface area (Å²) < 4.78 is 46.2. The van der Waals surface area contributed by atoms with E-state index in [4.69, 9.17) is 9.84 Å². The third-order valence-electron chi connectivity index (χ3n) is 5.81. The van der Waals surface area contributed by atoms with Crippen LogP contribution in [0.15, 0.2) is 41.8 Å². The Bertz CT molecular complexity index is 1030. The van der Waals surface area contributed by atoms with Crippen molar-refractivity contribution in [3.8, 4) is 5.88 Å². The fraction of sp³-hybridized carbons (Fsp3) is 0.478. The number of thiazole rings is 1. The zero-order valence-electron chi connectivity index (χ0n) is 17.8. The van der Waals surface area contributed by atoms with Crippen molar-refractivity contribution in [2.75, 3.05) is 11.9 Å². The van der Waals surface area contributed by atoms with Crippen molar-refractivity contribution in [1.29, 1.82) is 0 Å². The van der Waals surface area contributed by atoms with Gasteiger partial charge in [-0.3, -0.25) is 0 Å². The van der Waals surface area contributed by atoms with Crippen molar-refractivity contribution in [3.05, 3.63) is 52.4 Å². The molecule has 4 rings (SSSR count). The number of allylic oxidation sites excluding steroid dienone is 4. The fourth-order valence-corrected chi connectivity index (χ4v) is 5.18. The Hall–Kier alpha value is -2.39. The number of hydrogen-bond acceptors (Lipinski definition) is 6. The highest BCUT2D eigenvalue weighted by Gasteiger charge is 2.46. The molecule has 0 spiro atoms. The normalized spacial score (nSPS) is 17.5. The minimum atomic E-state index is -4.58. The third-order valence-corrected chi connectivity index (χ3v) is 6.84. The van der Waals surface area contributed by atoms with Crippen molar-refractivity contribution in [2.45, 2.75) is 58.0 Å². The molecule has 1 fully saturated rings. The summed E-state index contributed by atoms with van der Waals surface area (Å²) in [6.45, 7) is 1.80. The molecule has 2 aliphatic carbocycles. The van der Waals surface area contributed by atoms with Crippen molar-refractivity contribution < 1.29 is 23.0 Å². The zero-order chi connectivity index (χ0) is 22.8. The third kappa shape index (κ3) is 4.83. The lowest BCUT2D eigenvalue weighted by atomic mass is 9.86. The van der Waals surface area contributed by atoms with Gasteiger partial charge in [0.15, 0.2) is 10.8 Å². The number of hydrogen-bond donors (Lipinski definition) is 2. The predicted molar refractivity (Wildman–Crippen MR) is 118 cm³/mol. The predicted octanol–water partition coefficient (Wildman–Crippen LogP) is 6.40. The van der Waals surface area contributed by atoms with E-state index >= 15 is 0 Å². The molecule has 0 radical (unpaired) electrons. The average molecular weight is 466 g/mol. The summed E-state index contributed by atoms with van der Waals surface area (Å²) in [5, 5.41) is 12.1. The summed E-state index contributed by atoms with van der Waals surface area (Å²) in [5.41, 5.74) is 0.885. The lowest BCUT2D eigenvalue weighted by Crippen LogP contribution is -2.13. The number of aliphatic hydroxyl groups excluding tert-OH is 1. The molecule has 9 heteroatoms. The molecule has 0 unspecified atom stereocenters. The van der Waals surface area contributed by atoms with Crippen LogP contribution >= 0.6 is 11.3 Å². The zero-order valence-corrected chi connectivity index (χ0v) is 18.7. The van der Waals surface area contributed by atoms with Crippen molar-refractivity contribution in [3.63, 3.8) is 0 Å². The molecule has 5 nitrogen and oxygen atoms in total. The first kappa shape index (κ1) is 22.8. The SMILES string of the molecule is CCCC1(C2=C(Oc3ncccc3Nc3nc(C(F)(F)F)c(CCO)s3)CCC=C2)CC1. The van der Waals surface area contributed by atoms with Gasteiger partial charge in [0.05, 0.1) is 0 Å². The molecule has 0 atom stereocenters. The number of alkyl halides is 3. The van der Waals surface area contributed by atoms with Gasteiger partial charge in [-0.2, -0.15) is 13.2 Å². The van der Waals surface area contributed by atoms with Crippen molar-refractivity contribution in [2.24, 2.45) is 5.41 Å². The van der Waals surface area contributed by atoms with Crippen LogP contribution in [0.4, 0.5) is 24.0 Å². The molecule has 2 heterocycles. The van der Waals surface area contributed by atoms with E-state index in [9.17, 15) is 13.2 Å². The van der Waals surface area contributed by atoms with Crippen LogP contribution in [0, 0.1) is 5.41 Å². The number of anilines is 2. The highest BCUT2D eigenvalue weighted by Crippen LogP contribution is 2.57. The summed E-state index contributed by atoms with van der Waals surface area (Å²) in [4.78, 5) is 8.07. The highest BCUT2D eigenvalue weighted by molar-refractivity contribution is 7.15. The number of halogens is 3. The molecule has 0 aromatic carbocycles. The van der Waals surface area contributed by atoms with Crippen LogP contribution in [0.2, 0.25) is 0 Å². The van der Waals surface area contributed by atoms with Gasteiger partial charge in [0, 0.05) is 30.5 Å². The molecule has 0 bridgehead atoms. The van der Waals surface area contributed by atoms with Gasteiger partial charge in [0.25, 0.3) is 0 Å². The summed E-state index contributed by atoms with van der Waals surface area (Å²) in [5.74, 6) is 1.20. The van der Waals surface area contributed by atoms with E-state index in [1.54, 1.807) is 18.3 Å². The molecule has 2 aromatic rings. The summed E-state index contributed by atoms with van der Waals surface area (Å²) in [6, 6.07) is 3.40. The van der Waals surface area contributed by atoms with Gasteiger partial charge < -0.3 is 15.2 Å². The monoisotopic (exact) mass is 465 g/mol. The first-order valence-electron chi connectivity index (χ1n) is 10.8. The van der Waals surface area contributed by atoms with Gasteiger partial charge in [0.2, 0.25) is 5.88 Å². The lowest BCUT2D eigenvalue weighted by molar-refractivity contribution is -0.141. The van der Waals surface area contributed by atoms with Crippen LogP contribution in [0.5, 0.6) is 5.88 Å². The Kier molecular flexibility index (Phi) is 6.57. The van der Waals surface area contributed by atoms with Gasteiger partial charge in [-0.05, 0) is 48.8 Å². The molecule has 2 aliphatic rings. The van der Waals surface area contributed by atoms with E-state index in [0.717, 1.165) is 55.6 Å². The molecule has 172 valence electrons. The number of ether oxygens (including phenoxy) is 1. The number of pyridine rings is 1. The second-order valence-electron chi connectivity index (χ2n) is 8.15. The molecule has 1 saturated carbocycles. The molecule has 0 saturated heterocycles. The van der Waals surface area contributed by atoms with Crippen LogP contribution in [0.3, 0.4) is 0 Å². The van der Waals surface area contributed by atoms with Crippen LogP contribution in [-0.2, 0) is 12.6 Å². The lowest BCUT2D eigenvalue weighted by Gasteiger charge is -2.24. The van der Waals surface area contributed by atoms with Gasteiger partial charge >= 0.3 is 6.18 Å². The standard InChI is InChI=1S/C23H26F3N3O2S/c1-2-10-22(11-12-22)15-6-3-4-8-17(15)31-20-16(7-5-13-27-20)28-21-29-19(23(24,25)26)18(32-21)9-14-30/h3,5-7,13,30H,2,4,8-12,14H2,1H3,(H,28,29). The largest absolute Gasteiger partial charge is 0.441 e. The average Bonchev–Trinajstić information content (AvgIpc) is 3.42. The topological polar surface area (TPSA) is 67.3 Å². The van der Waals surface area contributed by atoms with Gasteiger partial charge in [-0.25, -0.2) is 9.97 Å². The summed E-state index contributed by atoms with van der Waals surface area (Å²) >= 11 is 0.873. The quantitative estimate of drug-likeness (QED) is 0.449. The summed E-state index contributed by atoms with van der Waals surface area (Å²) in [6.07, 6.45) is 7.39. The van der Waals surface area contributed by atoms with E-state index < -0.39 is 11.9 Å². The van der Waals surface area contributed by atoms with Crippen LogP contribution in [-0.4, -0.2) is 21.7 Å². The van der Waals surface area contributed by atoms with Crippen molar-refractivity contribution >= 4 is 22.2 Å². The van der Waals surface area contributed by atoms with E-state index in [1.165, 1.54) is 5.57 Å². The Balaban J connectivity index is 1.62. The van der Waals surface area contributed by atoms with E-state index in [2.05, 4.69) is 34.4 Å². The molecular formula is C23H26F3N3O2S. The first-order chi connectivity index (χ1) is 15.4. The van der Waals surface area contributed by atoms with Gasteiger partial charge in [-0.1, -0.05) is 25.5 Å². The maximum absolute atomic E-state index is 13.3. The van der Waals surface area contributed by atoms with Crippen LogP contribution < -0.4 is 10.1 Å². The Morgan fingerprint density at radius 1 is 1.31 bits per heavy atom. The molecule has 0 amide bonds. The Morgan fingerprint density at radius 2 is 2.12 bits per heavy atom. The number of nitrogens with one attached hydrogen (secondary N) is 1. The van der Waals surface area contributed by atoms with E-state index in [0.29, 0.717) is 11.6 Å². The minimum absolute atomic E-state index is 0.00786. The summed E-state index contributed by atoms with van der Waals surface area (Å²) in [7, 11) is 0. The fourth-order valence-electron chi connectivity index (χ4n) is 4.20. The molecular weight excluding hydrogens is 439 g/mol. The molecule has 2 N–H and O–H groups in total. The van der Waals surface area contributed by atoms with E-state index in [1.807, 2.05) is 0 Å². The number of aromatic nitrogens is 2. The minimum Gasteiger partial charge on any atom is -0.441 e. The van der Waals surface area contributed by atoms with Gasteiger partial charge in [0.1, 0.15) is 11.4 Å². The Labute approximate surface area is 189 Å². The second-order valence-corrected chi connectivity index (χ2v) is 9.24. The smallest absolute Gasteiger partial charge is 0.434 e. The second kappa shape index (κ2) is 9.23. The van der Waals surface area contributed by atoms with Crippen molar-refractivity contribution in [1.82, 2.24) is 9.97 Å². The molecule has 32 heavy (non-hydrogen) atoms. The van der Waals surface area contributed by atoms with Gasteiger partial charge in [-0.15, -0.1) is 11.3 Å². The number of rotatable bonds is 9. The first-order valence-corrected chi connectivity index (χ1v) is 11.7. The van der Waals surface area contributed by atoms with Crippen LogP contribution in [0.25, 0.3) is 0 Å². The van der Waals surface area contributed by atoms with Crippen LogP contribution in [0.1, 0.15) is 56.0 Å². The highest BCUT2D eigenvalue weighted by atomic mass is 32.1. The molecule has 0 aliphatic heterocycles. The molecule has 2 aromatic heterocycles. The maximum Gasteiger partial charge on any atom is 0.434 e. The number of nitrogens with zero attached hydrogens (tertiary/aromatic N) is 2. The van der Waals surface area contributed by atoms with E-state index in [-0.39, 0.29) is 28.5 Å².